The van der Waals surface area contributed by atoms with Gasteiger partial charge in [-0.3, -0.25) is 0 Å². The molecule has 0 atom stereocenters. The van der Waals surface area contributed by atoms with E-state index >= 15 is 0 Å². The van der Waals surface area contributed by atoms with Gasteiger partial charge >= 0.3 is 0 Å². The average molecular weight is 182 g/mol. The minimum atomic E-state index is -0.774. The predicted octanol–water partition coefficient (Wildman–Crippen LogP) is 0.0975. The van der Waals surface area contributed by atoms with Gasteiger partial charge in [0, 0.05) is 31.3 Å². The van der Waals surface area contributed by atoms with E-state index in [0.717, 1.165) is 0 Å². The molecule has 1 aromatic heterocycles. The standard InChI is InChI=1S/C9H11FN2O/c10-8-7(2-1-3-12-8)4-9(13)5-11-6-9/h1-3,11,13H,4-6H2. The van der Waals surface area contributed by atoms with Gasteiger partial charge in [0.15, 0.2) is 0 Å². The van der Waals surface area contributed by atoms with E-state index in [1.807, 2.05) is 0 Å². The van der Waals surface area contributed by atoms with Gasteiger partial charge in [0.05, 0.1) is 5.60 Å². The Labute approximate surface area is 75.6 Å². The highest BCUT2D eigenvalue weighted by Crippen LogP contribution is 2.18. The first-order valence-electron chi connectivity index (χ1n) is 4.22. The van der Waals surface area contributed by atoms with Crippen LogP contribution < -0.4 is 5.32 Å². The molecule has 0 unspecified atom stereocenters. The molecule has 1 aliphatic rings. The number of rotatable bonds is 2. The Bertz CT molecular complexity index is 312. The molecular weight excluding hydrogens is 171 g/mol. The number of hydrogen-bond acceptors (Lipinski definition) is 3. The van der Waals surface area contributed by atoms with Crippen molar-refractivity contribution in [2.24, 2.45) is 0 Å². The molecule has 1 saturated heterocycles. The molecule has 0 amide bonds. The van der Waals surface area contributed by atoms with Gasteiger partial charge < -0.3 is 10.4 Å². The third kappa shape index (κ3) is 1.68. The fourth-order valence-electron chi connectivity index (χ4n) is 1.44. The smallest absolute Gasteiger partial charge is 0.216 e. The SMILES string of the molecule is OC1(Cc2cccnc2F)CNC1. The molecule has 2 heterocycles. The highest BCUT2D eigenvalue weighted by atomic mass is 19.1. The summed E-state index contributed by atoms with van der Waals surface area (Å²) < 4.78 is 13.0. The number of halogens is 1. The van der Waals surface area contributed by atoms with Crippen molar-refractivity contribution >= 4 is 0 Å². The van der Waals surface area contributed by atoms with Crippen LogP contribution in [0, 0.1) is 5.95 Å². The van der Waals surface area contributed by atoms with Gasteiger partial charge in [-0.15, -0.1) is 0 Å². The van der Waals surface area contributed by atoms with E-state index in [1.165, 1.54) is 6.20 Å². The summed E-state index contributed by atoms with van der Waals surface area (Å²) in [4.78, 5) is 3.52. The van der Waals surface area contributed by atoms with E-state index in [-0.39, 0.29) is 0 Å². The number of nitrogens with zero attached hydrogens (tertiary/aromatic N) is 1. The van der Waals surface area contributed by atoms with E-state index in [2.05, 4.69) is 10.3 Å². The van der Waals surface area contributed by atoms with Crippen molar-refractivity contribution in [1.29, 1.82) is 0 Å². The van der Waals surface area contributed by atoms with Crippen LogP contribution in [0.25, 0.3) is 0 Å². The first-order chi connectivity index (χ1) is 6.20. The summed E-state index contributed by atoms with van der Waals surface area (Å²) in [6.07, 6.45) is 1.74. The Hall–Kier alpha value is -1.00. The van der Waals surface area contributed by atoms with Crippen molar-refractivity contribution in [3.05, 3.63) is 29.8 Å². The molecule has 0 aromatic carbocycles. The third-order valence-electron chi connectivity index (χ3n) is 2.26. The van der Waals surface area contributed by atoms with Crippen LogP contribution in [0.15, 0.2) is 18.3 Å². The number of aliphatic hydroxyl groups is 1. The van der Waals surface area contributed by atoms with Gasteiger partial charge in [0.1, 0.15) is 0 Å². The summed E-state index contributed by atoms with van der Waals surface area (Å²) in [6.45, 7) is 1.06. The van der Waals surface area contributed by atoms with E-state index in [4.69, 9.17) is 0 Å². The van der Waals surface area contributed by atoms with Gasteiger partial charge in [0.2, 0.25) is 5.95 Å². The van der Waals surface area contributed by atoms with Crippen molar-refractivity contribution in [2.45, 2.75) is 12.0 Å². The van der Waals surface area contributed by atoms with Crippen molar-refractivity contribution in [3.8, 4) is 0 Å². The minimum absolute atomic E-state index is 0.333. The molecule has 0 radical (unpaired) electrons. The lowest BCUT2D eigenvalue weighted by Gasteiger charge is -2.37. The lowest BCUT2D eigenvalue weighted by atomic mass is 9.90. The summed E-state index contributed by atoms with van der Waals surface area (Å²) in [5.41, 5.74) is -0.296. The van der Waals surface area contributed by atoms with Gasteiger partial charge in [-0.2, -0.15) is 4.39 Å². The van der Waals surface area contributed by atoms with Crippen LogP contribution >= 0.6 is 0 Å². The molecule has 1 aromatic rings. The molecular formula is C9H11FN2O. The maximum absolute atomic E-state index is 13.0. The molecule has 0 spiro atoms. The summed E-state index contributed by atoms with van der Waals surface area (Å²) in [7, 11) is 0. The number of hydrogen-bond donors (Lipinski definition) is 2. The van der Waals surface area contributed by atoms with E-state index in [1.54, 1.807) is 12.1 Å². The molecule has 3 nitrogen and oxygen atoms in total. The van der Waals surface area contributed by atoms with Gasteiger partial charge in [-0.25, -0.2) is 4.98 Å². The molecule has 2 rings (SSSR count). The minimum Gasteiger partial charge on any atom is -0.387 e. The van der Waals surface area contributed by atoms with Gasteiger partial charge in [-0.05, 0) is 6.07 Å². The van der Waals surface area contributed by atoms with Crippen LogP contribution in [0.2, 0.25) is 0 Å². The zero-order valence-electron chi connectivity index (χ0n) is 7.13. The lowest BCUT2D eigenvalue weighted by Crippen LogP contribution is -2.60. The zero-order chi connectivity index (χ0) is 9.31. The maximum Gasteiger partial charge on any atom is 0.216 e. The third-order valence-corrected chi connectivity index (χ3v) is 2.26. The van der Waals surface area contributed by atoms with Crippen molar-refractivity contribution in [1.82, 2.24) is 10.3 Å². The first-order valence-corrected chi connectivity index (χ1v) is 4.22. The monoisotopic (exact) mass is 182 g/mol. The molecule has 70 valence electrons. The summed E-state index contributed by atoms with van der Waals surface area (Å²) in [5.74, 6) is -0.483. The predicted molar refractivity (Wildman–Crippen MR) is 45.7 cm³/mol. The first kappa shape index (κ1) is 8.59. The van der Waals surface area contributed by atoms with Crippen LogP contribution in [0.4, 0.5) is 4.39 Å². The maximum atomic E-state index is 13.0. The molecule has 0 bridgehead atoms. The fraction of sp³-hybridized carbons (Fsp3) is 0.444. The van der Waals surface area contributed by atoms with Crippen LogP contribution in [-0.2, 0) is 6.42 Å². The largest absolute Gasteiger partial charge is 0.387 e. The van der Waals surface area contributed by atoms with E-state index < -0.39 is 11.5 Å². The Balaban J connectivity index is 2.13. The number of aromatic nitrogens is 1. The highest BCUT2D eigenvalue weighted by molar-refractivity contribution is 5.16. The molecule has 13 heavy (non-hydrogen) atoms. The van der Waals surface area contributed by atoms with Crippen LogP contribution in [0.5, 0.6) is 0 Å². The summed E-state index contributed by atoms with van der Waals surface area (Å²) >= 11 is 0. The number of pyridine rings is 1. The molecule has 4 heteroatoms. The van der Waals surface area contributed by atoms with Crippen LogP contribution in [0.3, 0.4) is 0 Å². The Morgan fingerprint density at radius 1 is 1.62 bits per heavy atom. The van der Waals surface area contributed by atoms with Crippen molar-refractivity contribution < 1.29 is 9.50 Å². The zero-order valence-corrected chi connectivity index (χ0v) is 7.13. The topological polar surface area (TPSA) is 45.2 Å². The summed E-state index contributed by atoms with van der Waals surface area (Å²) in [5, 5.41) is 12.7. The Kier molecular flexibility index (Phi) is 2.01. The van der Waals surface area contributed by atoms with Crippen molar-refractivity contribution in [3.63, 3.8) is 0 Å². The Morgan fingerprint density at radius 2 is 2.38 bits per heavy atom. The van der Waals surface area contributed by atoms with Gasteiger partial charge in [0.25, 0.3) is 0 Å². The normalized spacial score (nSPS) is 19.5. The van der Waals surface area contributed by atoms with E-state index in [9.17, 15) is 9.50 Å². The second kappa shape index (κ2) is 3.05. The molecule has 1 fully saturated rings. The Morgan fingerprint density at radius 3 is 2.92 bits per heavy atom. The second-order valence-electron chi connectivity index (χ2n) is 3.46. The second-order valence-corrected chi connectivity index (χ2v) is 3.46. The molecule has 0 saturated carbocycles. The molecule has 2 N–H and O–H groups in total. The van der Waals surface area contributed by atoms with Crippen molar-refractivity contribution in [2.75, 3.05) is 13.1 Å². The van der Waals surface area contributed by atoms with Crippen LogP contribution in [0.1, 0.15) is 5.56 Å². The number of nitrogens with one attached hydrogen (secondary N) is 1. The molecule has 0 aliphatic carbocycles. The average Bonchev–Trinajstić information content (AvgIpc) is 2.06. The summed E-state index contributed by atoms with van der Waals surface area (Å²) in [6, 6.07) is 3.33. The van der Waals surface area contributed by atoms with Gasteiger partial charge in [-0.1, -0.05) is 6.07 Å². The van der Waals surface area contributed by atoms with Crippen LogP contribution in [-0.4, -0.2) is 28.8 Å². The molecule has 1 aliphatic heterocycles. The number of β-amino-alcohol motifs (C(OH)–C–C–N with tert-alkyl or cyclic N) is 1. The lowest BCUT2D eigenvalue weighted by molar-refractivity contribution is -0.00981. The fourth-order valence-corrected chi connectivity index (χ4v) is 1.44. The van der Waals surface area contributed by atoms with E-state index in [0.29, 0.717) is 25.1 Å². The quantitative estimate of drug-likeness (QED) is 0.637. The highest BCUT2D eigenvalue weighted by Gasteiger charge is 2.34.